The van der Waals surface area contributed by atoms with E-state index in [0.717, 1.165) is 43.1 Å². The number of para-hydroxylation sites is 1. The van der Waals surface area contributed by atoms with Crippen LogP contribution in [0.3, 0.4) is 0 Å². The van der Waals surface area contributed by atoms with Crippen molar-refractivity contribution in [1.82, 2.24) is 25.8 Å². The minimum Gasteiger partial charge on any atom is -0.497 e. The molecule has 0 unspecified atom stereocenters. The number of aromatic amines is 1. The summed E-state index contributed by atoms with van der Waals surface area (Å²) in [6.45, 7) is 2.88. The monoisotopic (exact) mass is 671 g/mol. The normalized spacial score (nSPS) is 19.6. The number of carbonyl (C=O) groups excluding carboxylic acids is 3. The van der Waals surface area contributed by atoms with Gasteiger partial charge in [-0.3, -0.25) is 14.4 Å². The Morgan fingerprint density at radius 3 is 2.44 bits per heavy atom. The summed E-state index contributed by atoms with van der Waals surface area (Å²) >= 11 is 1.58. The van der Waals surface area contributed by atoms with E-state index in [1.54, 1.807) is 25.9 Å². The Morgan fingerprint density at radius 1 is 0.917 bits per heavy atom. The third-order valence-corrected chi connectivity index (χ3v) is 10.1. The zero-order valence-corrected chi connectivity index (χ0v) is 28.5. The smallest absolute Gasteiger partial charge is 0.246 e. The predicted octanol–water partition coefficient (Wildman–Crippen LogP) is 2.98. The number of likely N-dealkylation sites (N-methyl/N-ethyl adjacent to an activating group) is 1. The van der Waals surface area contributed by atoms with Gasteiger partial charge in [0.2, 0.25) is 17.7 Å². The molecule has 1 aromatic heterocycles. The number of methoxy groups -OCH3 is 1. The first-order valence-corrected chi connectivity index (χ1v) is 17.0. The zero-order chi connectivity index (χ0) is 34.2. The van der Waals surface area contributed by atoms with Gasteiger partial charge < -0.3 is 42.0 Å². The van der Waals surface area contributed by atoms with E-state index < -0.39 is 24.0 Å². The molecule has 8 N–H and O–H groups in total. The number of rotatable bonds is 7. The van der Waals surface area contributed by atoms with Gasteiger partial charge in [0.25, 0.3) is 0 Å². The van der Waals surface area contributed by atoms with Gasteiger partial charge >= 0.3 is 0 Å². The SMILES string of the molecule is COc1ccc2c(c1)CNC(=O)[C@H](Cc1c(C)[nH]c3ccccc13)N(C)C(=O)[C@H](CN)NC(=O)[C@H](CCCN)NCc1ccccc1S2. The molecule has 5 rings (SSSR count). The lowest BCUT2D eigenvalue weighted by Gasteiger charge is -2.31. The van der Waals surface area contributed by atoms with Crippen LogP contribution in [0.1, 0.15) is 35.2 Å². The number of hydrogen-bond donors (Lipinski definition) is 6. The number of ether oxygens (including phenoxy) is 1. The quantitative estimate of drug-likeness (QED) is 0.174. The molecule has 0 saturated heterocycles. The van der Waals surface area contributed by atoms with Crippen LogP contribution >= 0.6 is 11.8 Å². The Labute approximate surface area is 285 Å². The molecule has 12 heteroatoms. The minimum absolute atomic E-state index is 0.133. The van der Waals surface area contributed by atoms with Crippen LogP contribution in [0.15, 0.2) is 76.5 Å². The first-order valence-electron chi connectivity index (χ1n) is 16.2. The Kier molecular flexibility index (Phi) is 11.8. The number of aryl methyl sites for hydroxylation is 1. The molecule has 3 aromatic carbocycles. The fourth-order valence-electron chi connectivity index (χ4n) is 6.06. The fourth-order valence-corrected chi connectivity index (χ4v) is 7.11. The number of H-pyrrole nitrogens is 1. The molecule has 4 aromatic rings. The molecule has 11 nitrogen and oxygen atoms in total. The lowest BCUT2D eigenvalue weighted by Crippen LogP contribution is -2.59. The highest BCUT2D eigenvalue weighted by molar-refractivity contribution is 7.99. The van der Waals surface area contributed by atoms with Gasteiger partial charge in [0.1, 0.15) is 17.8 Å². The van der Waals surface area contributed by atoms with Gasteiger partial charge in [-0.2, -0.15) is 0 Å². The molecule has 3 atom stereocenters. The number of nitrogens with two attached hydrogens (primary N) is 2. The summed E-state index contributed by atoms with van der Waals surface area (Å²) in [4.78, 5) is 48.7. The Morgan fingerprint density at radius 2 is 1.67 bits per heavy atom. The van der Waals surface area contributed by atoms with E-state index in [-0.39, 0.29) is 31.3 Å². The maximum atomic E-state index is 14.2. The summed E-state index contributed by atoms with van der Waals surface area (Å²) < 4.78 is 5.54. The van der Waals surface area contributed by atoms with Crippen molar-refractivity contribution < 1.29 is 19.1 Å². The highest BCUT2D eigenvalue weighted by Gasteiger charge is 2.34. The number of hydrogen-bond acceptors (Lipinski definition) is 8. The minimum atomic E-state index is -1.03. The maximum Gasteiger partial charge on any atom is 0.246 e. The number of fused-ring (bicyclic) bond motifs is 3. The van der Waals surface area contributed by atoms with Crippen molar-refractivity contribution in [2.24, 2.45) is 11.5 Å². The first-order chi connectivity index (χ1) is 23.2. The van der Waals surface area contributed by atoms with Gasteiger partial charge in [-0.25, -0.2) is 0 Å². The van der Waals surface area contributed by atoms with E-state index in [0.29, 0.717) is 31.7 Å². The van der Waals surface area contributed by atoms with Crippen molar-refractivity contribution in [2.75, 3.05) is 27.2 Å². The van der Waals surface area contributed by atoms with Crippen LogP contribution in [-0.4, -0.2) is 73.0 Å². The lowest BCUT2D eigenvalue weighted by atomic mass is 10.00. The van der Waals surface area contributed by atoms with E-state index in [2.05, 4.69) is 20.9 Å². The fraction of sp³-hybridized carbons (Fsp3) is 0.361. The van der Waals surface area contributed by atoms with Crippen LogP contribution in [0.4, 0.5) is 0 Å². The molecule has 1 aliphatic heterocycles. The van der Waals surface area contributed by atoms with Gasteiger partial charge in [-0.1, -0.05) is 48.2 Å². The lowest BCUT2D eigenvalue weighted by molar-refractivity contribution is -0.141. The predicted molar refractivity (Wildman–Crippen MR) is 189 cm³/mol. The standard InChI is InChI=1S/C36H45N7O4S/c1-22-27(26-10-5-6-11-28(26)41-22)18-31-35(45)40-21-24-17-25(47-3)14-15-33(24)48-32-13-7-4-9-23(32)20-39-29(12-8-16-37)34(44)42-30(19-38)36(46)43(31)2/h4-7,9-11,13-15,17,29-31,39,41H,8,12,16,18-21,37-38H2,1-3H3,(H,40,45)(H,42,44)/t29-,30-,31-/m0/s1. The van der Waals surface area contributed by atoms with Gasteiger partial charge in [-0.15, -0.1) is 0 Å². The molecule has 1 aliphatic rings. The summed E-state index contributed by atoms with van der Waals surface area (Å²) in [7, 11) is 3.20. The molecule has 48 heavy (non-hydrogen) atoms. The van der Waals surface area contributed by atoms with Crippen molar-refractivity contribution in [3.8, 4) is 5.75 Å². The zero-order valence-electron chi connectivity index (χ0n) is 27.7. The Bertz CT molecular complexity index is 1760. The molecule has 0 fully saturated rings. The van der Waals surface area contributed by atoms with Crippen LogP contribution in [0.2, 0.25) is 0 Å². The largest absolute Gasteiger partial charge is 0.497 e. The van der Waals surface area contributed by atoms with E-state index >= 15 is 0 Å². The van der Waals surface area contributed by atoms with Gasteiger partial charge in [0.15, 0.2) is 0 Å². The second-order valence-electron chi connectivity index (χ2n) is 12.0. The number of benzene rings is 3. The van der Waals surface area contributed by atoms with Gasteiger partial charge in [-0.05, 0) is 73.3 Å². The van der Waals surface area contributed by atoms with E-state index in [4.69, 9.17) is 16.2 Å². The average Bonchev–Trinajstić information content (AvgIpc) is 3.42. The molecule has 254 valence electrons. The van der Waals surface area contributed by atoms with E-state index in [1.807, 2.05) is 73.7 Å². The number of nitrogens with one attached hydrogen (secondary N) is 4. The Balaban J connectivity index is 1.56. The summed E-state index contributed by atoms with van der Waals surface area (Å²) in [6, 6.07) is 19.1. The highest BCUT2D eigenvalue weighted by atomic mass is 32.2. The summed E-state index contributed by atoms with van der Waals surface area (Å²) in [5, 5.41) is 10.4. The molecule has 0 saturated carbocycles. The third kappa shape index (κ3) is 8.01. The van der Waals surface area contributed by atoms with Crippen LogP contribution in [0.25, 0.3) is 10.9 Å². The summed E-state index contributed by atoms with van der Waals surface area (Å²) in [5.74, 6) is -0.459. The molecule has 2 heterocycles. The number of carbonyl (C=O) groups is 3. The van der Waals surface area contributed by atoms with Crippen molar-refractivity contribution in [3.63, 3.8) is 0 Å². The topological polar surface area (TPSA) is 168 Å². The molecule has 0 radical (unpaired) electrons. The van der Waals surface area contributed by atoms with Crippen LogP contribution < -0.4 is 32.2 Å². The van der Waals surface area contributed by atoms with Crippen molar-refractivity contribution >= 4 is 40.4 Å². The van der Waals surface area contributed by atoms with Crippen LogP contribution in [-0.2, 0) is 33.9 Å². The van der Waals surface area contributed by atoms with E-state index in [1.165, 1.54) is 4.90 Å². The van der Waals surface area contributed by atoms with Gasteiger partial charge in [0, 0.05) is 59.5 Å². The molecule has 0 spiro atoms. The van der Waals surface area contributed by atoms with Crippen molar-refractivity contribution in [2.45, 2.75) is 67.2 Å². The number of aromatic nitrogens is 1. The second kappa shape index (κ2) is 16.2. The van der Waals surface area contributed by atoms with Gasteiger partial charge in [0.05, 0.1) is 13.2 Å². The maximum absolute atomic E-state index is 14.2. The van der Waals surface area contributed by atoms with Crippen LogP contribution in [0, 0.1) is 6.92 Å². The van der Waals surface area contributed by atoms with E-state index in [9.17, 15) is 14.4 Å². The first kappa shape index (κ1) is 35.0. The molecule has 0 aliphatic carbocycles. The second-order valence-corrected chi connectivity index (χ2v) is 13.1. The summed E-state index contributed by atoms with van der Waals surface area (Å²) in [6.07, 6.45) is 1.35. The highest BCUT2D eigenvalue weighted by Crippen LogP contribution is 2.35. The number of amides is 3. The molecule has 0 bridgehead atoms. The number of nitrogens with zero attached hydrogens (tertiary/aromatic N) is 1. The summed E-state index contributed by atoms with van der Waals surface area (Å²) in [5.41, 5.74) is 16.6. The molecule has 3 amide bonds. The molecular formula is C36H45N7O4S. The Hall–Kier alpha value is -4.36. The van der Waals surface area contributed by atoms with Crippen molar-refractivity contribution in [3.05, 3.63) is 89.1 Å². The molecular weight excluding hydrogens is 627 g/mol. The van der Waals surface area contributed by atoms with Crippen LogP contribution in [0.5, 0.6) is 5.75 Å². The van der Waals surface area contributed by atoms with Crippen molar-refractivity contribution in [1.29, 1.82) is 0 Å². The third-order valence-electron chi connectivity index (χ3n) is 8.86. The average molecular weight is 672 g/mol.